The first kappa shape index (κ1) is 16.2. The molecule has 1 aromatic heterocycles. The number of aromatic nitrogens is 2. The van der Waals surface area contributed by atoms with Crippen LogP contribution in [0.3, 0.4) is 0 Å². The van der Waals surface area contributed by atoms with Crippen molar-refractivity contribution in [1.29, 1.82) is 0 Å². The molecular weight excluding hydrogens is 386 g/mol. The van der Waals surface area contributed by atoms with Crippen molar-refractivity contribution in [2.45, 2.75) is 13.0 Å². The van der Waals surface area contributed by atoms with Crippen LogP contribution in [0.2, 0.25) is 0 Å². The molecule has 0 radical (unpaired) electrons. The molecule has 122 valence electrons. The van der Waals surface area contributed by atoms with E-state index in [2.05, 4.69) is 21.0 Å². The maximum atomic E-state index is 11.7. The van der Waals surface area contributed by atoms with Crippen molar-refractivity contribution in [1.82, 2.24) is 14.1 Å². The van der Waals surface area contributed by atoms with Gasteiger partial charge in [0.25, 0.3) is 0 Å². The summed E-state index contributed by atoms with van der Waals surface area (Å²) in [6.45, 7) is 0.347. The molecule has 0 aliphatic carbocycles. The van der Waals surface area contributed by atoms with Crippen molar-refractivity contribution in [2.24, 2.45) is 0 Å². The Balaban J connectivity index is 2.12. The van der Waals surface area contributed by atoms with Crippen LogP contribution in [0.5, 0.6) is 0 Å². The number of hydrogen-bond acceptors (Lipinski definition) is 4. The summed E-state index contributed by atoms with van der Waals surface area (Å²) in [6.07, 6.45) is 1.54. The van der Waals surface area contributed by atoms with Crippen LogP contribution >= 0.6 is 15.9 Å². The largest absolute Gasteiger partial charge is 0.476 e. The minimum Gasteiger partial charge on any atom is -0.476 e. The van der Waals surface area contributed by atoms with Crippen LogP contribution in [0.25, 0.3) is 5.69 Å². The molecule has 0 saturated carbocycles. The maximum absolute atomic E-state index is 11.7. The van der Waals surface area contributed by atoms with Gasteiger partial charge in [0.05, 0.1) is 17.6 Å². The zero-order valence-electron chi connectivity index (χ0n) is 12.2. The van der Waals surface area contributed by atoms with Gasteiger partial charge in [-0.1, -0.05) is 15.9 Å². The first-order valence-electron chi connectivity index (χ1n) is 6.82. The fourth-order valence-corrected chi connectivity index (χ4v) is 3.70. The van der Waals surface area contributed by atoms with Crippen LogP contribution in [-0.4, -0.2) is 46.4 Å². The minimum absolute atomic E-state index is 0.0341. The van der Waals surface area contributed by atoms with Gasteiger partial charge >= 0.3 is 5.97 Å². The van der Waals surface area contributed by atoms with E-state index in [0.29, 0.717) is 18.5 Å². The molecule has 9 heteroatoms. The molecule has 0 amide bonds. The summed E-state index contributed by atoms with van der Waals surface area (Å²) in [7, 11) is -3.37. The fourth-order valence-electron chi connectivity index (χ4n) is 2.64. The van der Waals surface area contributed by atoms with Crippen molar-refractivity contribution < 1.29 is 18.3 Å². The number of benzene rings is 1. The topological polar surface area (TPSA) is 92.5 Å². The maximum Gasteiger partial charge on any atom is 0.356 e. The third-order valence-corrected chi connectivity index (χ3v) is 5.54. The predicted molar refractivity (Wildman–Crippen MR) is 87.2 cm³/mol. The standard InChI is InChI=1S/C14H14BrN3O4S/c1-23(21,22)17-7-6-12-11(8-17)13(14(19)20)16-18(12)10-4-2-9(15)3-5-10/h2-5H,6-8H2,1H3,(H,19,20). The predicted octanol–water partition coefficient (Wildman–Crippen LogP) is 1.65. The highest BCUT2D eigenvalue weighted by Crippen LogP contribution is 2.27. The van der Waals surface area contributed by atoms with E-state index in [0.717, 1.165) is 22.1 Å². The van der Waals surface area contributed by atoms with Gasteiger partial charge in [0.2, 0.25) is 10.0 Å². The molecule has 1 aliphatic heterocycles. The van der Waals surface area contributed by atoms with E-state index in [1.807, 2.05) is 24.3 Å². The SMILES string of the molecule is CS(=O)(=O)N1CCc2c(c(C(=O)O)nn2-c2ccc(Br)cc2)C1. The summed E-state index contributed by atoms with van der Waals surface area (Å²) < 4.78 is 27.2. The number of halogens is 1. The van der Waals surface area contributed by atoms with Crippen molar-refractivity contribution in [3.8, 4) is 5.69 Å². The van der Waals surface area contributed by atoms with E-state index in [4.69, 9.17) is 0 Å². The van der Waals surface area contributed by atoms with E-state index in [-0.39, 0.29) is 12.2 Å². The Labute approximate surface area is 141 Å². The lowest BCUT2D eigenvalue weighted by atomic mass is 10.1. The minimum atomic E-state index is -3.37. The van der Waals surface area contributed by atoms with Gasteiger partial charge < -0.3 is 5.11 Å². The second kappa shape index (κ2) is 5.73. The van der Waals surface area contributed by atoms with E-state index < -0.39 is 16.0 Å². The molecule has 1 aliphatic rings. The smallest absolute Gasteiger partial charge is 0.356 e. The molecule has 3 rings (SSSR count). The molecule has 2 heterocycles. The van der Waals surface area contributed by atoms with Gasteiger partial charge in [0, 0.05) is 29.5 Å². The number of aromatic carboxylic acids is 1. The number of fused-ring (bicyclic) bond motifs is 1. The summed E-state index contributed by atoms with van der Waals surface area (Å²) in [6, 6.07) is 7.34. The number of sulfonamides is 1. The summed E-state index contributed by atoms with van der Waals surface area (Å²) in [5, 5.41) is 13.6. The van der Waals surface area contributed by atoms with E-state index in [1.165, 1.54) is 4.31 Å². The van der Waals surface area contributed by atoms with Crippen molar-refractivity contribution >= 4 is 31.9 Å². The summed E-state index contributed by atoms with van der Waals surface area (Å²) in [5.41, 5.74) is 1.84. The van der Waals surface area contributed by atoms with Crippen LogP contribution in [0.15, 0.2) is 28.7 Å². The fraction of sp³-hybridized carbons (Fsp3) is 0.286. The normalized spacial score (nSPS) is 15.4. The van der Waals surface area contributed by atoms with Gasteiger partial charge in [-0.25, -0.2) is 17.9 Å². The van der Waals surface area contributed by atoms with Gasteiger partial charge in [0.1, 0.15) is 0 Å². The molecule has 23 heavy (non-hydrogen) atoms. The van der Waals surface area contributed by atoms with Gasteiger partial charge in [-0.05, 0) is 24.3 Å². The molecule has 0 unspecified atom stereocenters. The first-order valence-corrected chi connectivity index (χ1v) is 9.46. The molecule has 0 saturated heterocycles. The Kier molecular flexibility index (Phi) is 4.03. The molecule has 1 N–H and O–H groups in total. The highest BCUT2D eigenvalue weighted by atomic mass is 79.9. The van der Waals surface area contributed by atoms with Crippen molar-refractivity contribution in [3.05, 3.63) is 45.7 Å². The van der Waals surface area contributed by atoms with E-state index >= 15 is 0 Å². The Bertz CT molecular complexity index is 874. The van der Waals surface area contributed by atoms with Crippen LogP contribution in [0, 0.1) is 0 Å². The van der Waals surface area contributed by atoms with Gasteiger partial charge in [-0.2, -0.15) is 9.40 Å². The second-order valence-electron chi connectivity index (χ2n) is 5.31. The number of carboxylic acid groups (broad SMARTS) is 1. The lowest BCUT2D eigenvalue weighted by Crippen LogP contribution is -2.35. The third kappa shape index (κ3) is 3.04. The third-order valence-electron chi connectivity index (χ3n) is 3.77. The molecule has 0 atom stereocenters. The lowest BCUT2D eigenvalue weighted by Gasteiger charge is -2.25. The molecule has 2 aromatic rings. The first-order chi connectivity index (χ1) is 10.8. The van der Waals surface area contributed by atoms with Crippen LogP contribution in [0.1, 0.15) is 21.7 Å². The van der Waals surface area contributed by atoms with Crippen molar-refractivity contribution in [3.63, 3.8) is 0 Å². The molecule has 0 fully saturated rings. The van der Waals surface area contributed by atoms with E-state index in [9.17, 15) is 18.3 Å². The Morgan fingerprint density at radius 1 is 1.30 bits per heavy atom. The number of carboxylic acids is 1. The Morgan fingerprint density at radius 3 is 2.52 bits per heavy atom. The molecule has 0 spiro atoms. The van der Waals surface area contributed by atoms with Gasteiger partial charge in [-0.15, -0.1) is 0 Å². The summed E-state index contributed by atoms with van der Waals surface area (Å²) in [4.78, 5) is 11.5. The molecular formula is C14H14BrN3O4S. The summed E-state index contributed by atoms with van der Waals surface area (Å²) >= 11 is 3.35. The van der Waals surface area contributed by atoms with Crippen LogP contribution in [-0.2, 0) is 23.0 Å². The Morgan fingerprint density at radius 2 is 1.96 bits per heavy atom. The molecule has 1 aromatic carbocycles. The Hall–Kier alpha value is -1.71. The van der Waals surface area contributed by atoms with E-state index in [1.54, 1.807) is 4.68 Å². The lowest BCUT2D eigenvalue weighted by molar-refractivity contribution is 0.0688. The monoisotopic (exact) mass is 399 g/mol. The number of carbonyl (C=O) groups is 1. The molecule has 7 nitrogen and oxygen atoms in total. The zero-order chi connectivity index (χ0) is 16.8. The molecule has 0 bridgehead atoms. The number of hydrogen-bond donors (Lipinski definition) is 1. The van der Waals surface area contributed by atoms with Crippen LogP contribution in [0.4, 0.5) is 0 Å². The zero-order valence-corrected chi connectivity index (χ0v) is 14.6. The summed E-state index contributed by atoms with van der Waals surface area (Å²) in [5.74, 6) is -1.16. The number of nitrogens with zero attached hydrogens (tertiary/aromatic N) is 3. The second-order valence-corrected chi connectivity index (χ2v) is 8.21. The van der Waals surface area contributed by atoms with Gasteiger partial charge in [-0.3, -0.25) is 0 Å². The van der Waals surface area contributed by atoms with Crippen LogP contribution < -0.4 is 0 Å². The quantitative estimate of drug-likeness (QED) is 0.846. The van der Waals surface area contributed by atoms with Gasteiger partial charge in [0.15, 0.2) is 5.69 Å². The number of rotatable bonds is 3. The highest BCUT2D eigenvalue weighted by molar-refractivity contribution is 9.10. The highest BCUT2D eigenvalue weighted by Gasteiger charge is 2.31. The van der Waals surface area contributed by atoms with Crippen molar-refractivity contribution in [2.75, 3.05) is 12.8 Å². The average molecular weight is 400 g/mol. The average Bonchev–Trinajstić information content (AvgIpc) is 2.86.